The van der Waals surface area contributed by atoms with Crippen LogP contribution in [0.15, 0.2) is 0 Å². The molecule has 3 heterocycles. The zero-order valence-corrected chi connectivity index (χ0v) is 16.7. The zero-order valence-electron chi connectivity index (χ0n) is 15.9. The summed E-state index contributed by atoms with van der Waals surface area (Å²) in [6.45, 7) is 7.18. The number of carbonyl (C=O) groups is 1. The van der Waals surface area contributed by atoms with Gasteiger partial charge in [0.15, 0.2) is 0 Å². The third-order valence-electron chi connectivity index (χ3n) is 5.08. The van der Waals surface area contributed by atoms with Crippen LogP contribution in [0, 0.1) is 19.8 Å². The average molecular weight is 421 g/mol. The molecule has 2 aromatic rings. The van der Waals surface area contributed by atoms with E-state index in [4.69, 9.17) is 0 Å². The number of aromatic nitrogens is 4. The number of halogens is 4. The highest BCUT2D eigenvalue weighted by molar-refractivity contribution is 5.85. The minimum Gasteiger partial charge on any atom is -0.352 e. The van der Waals surface area contributed by atoms with Gasteiger partial charge in [-0.25, -0.2) is 9.50 Å². The minimum absolute atomic E-state index is 0. The van der Waals surface area contributed by atoms with Crippen LogP contribution in [0.25, 0.3) is 5.78 Å². The van der Waals surface area contributed by atoms with Gasteiger partial charge in [-0.2, -0.15) is 18.2 Å². The molecule has 0 radical (unpaired) electrons. The summed E-state index contributed by atoms with van der Waals surface area (Å²) >= 11 is 0. The number of alkyl halides is 3. The number of fused-ring (bicyclic) bond motifs is 1. The molecule has 1 amide bonds. The fourth-order valence-electron chi connectivity index (χ4n) is 3.39. The highest BCUT2D eigenvalue weighted by Gasteiger charge is 2.37. The summed E-state index contributed by atoms with van der Waals surface area (Å²) in [6, 6.07) is 0.0960. The summed E-state index contributed by atoms with van der Waals surface area (Å²) in [5, 5.41) is 9.82. The Kier molecular flexibility index (Phi) is 6.87. The van der Waals surface area contributed by atoms with E-state index in [1.54, 1.807) is 13.8 Å². The molecule has 11 heteroatoms. The van der Waals surface area contributed by atoms with Crippen LogP contribution >= 0.6 is 12.4 Å². The SMILES string of the molecule is Cc1nc2nc(C(F)(F)F)nn2c(C)c1CCC(=O)NC1CNCCC1C.Cl. The van der Waals surface area contributed by atoms with Crippen LogP contribution in [-0.4, -0.2) is 44.6 Å². The van der Waals surface area contributed by atoms with Gasteiger partial charge in [0.05, 0.1) is 0 Å². The van der Waals surface area contributed by atoms with Gasteiger partial charge in [0.25, 0.3) is 11.6 Å². The smallest absolute Gasteiger partial charge is 0.352 e. The minimum atomic E-state index is -4.63. The molecule has 2 N–H and O–H groups in total. The molecule has 0 aliphatic carbocycles. The van der Waals surface area contributed by atoms with E-state index in [2.05, 4.69) is 32.6 Å². The molecule has 0 aromatic carbocycles. The summed E-state index contributed by atoms with van der Waals surface area (Å²) in [4.78, 5) is 19.9. The summed E-state index contributed by atoms with van der Waals surface area (Å²) < 4.78 is 39.6. The van der Waals surface area contributed by atoms with Crippen LogP contribution < -0.4 is 10.6 Å². The molecule has 1 aliphatic heterocycles. The molecule has 156 valence electrons. The second kappa shape index (κ2) is 8.60. The predicted molar refractivity (Wildman–Crippen MR) is 99.4 cm³/mol. The average Bonchev–Trinajstić information content (AvgIpc) is 3.01. The van der Waals surface area contributed by atoms with E-state index >= 15 is 0 Å². The lowest BCUT2D eigenvalue weighted by Crippen LogP contribution is -2.50. The van der Waals surface area contributed by atoms with Gasteiger partial charge in [0.2, 0.25) is 5.91 Å². The molecule has 28 heavy (non-hydrogen) atoms. The Morgan fingerprint density at radius 2 is 2.04 bits per heavy atom. The molecule has 3 rings (SSSR count). The number of piperidine rings is 1. The molecule has 0 bridgehead atoms. The van der Waals surface area contributed by atoms with E-state index in [1.807, 2.05) is 0 Å². The third kappa shape index (κ3) is 4.72. The second-order valence-electron chi connectivity index (χ2n) is 7.05. The van der Waals surface area contributed by atoms with Crippen LogP contribution in [0.4, 0.5) is 13.2 Å². The fraction of sp³-hybridized carbons (Fsp3) is 0.647. The van der Waals surface area contributed by atoms with Crippen molar-refractivity contribution in [3.05, 3.63) is 22.8 Å². The maximum Gasteiger partial charge on any atom is 0.453 e. The van der Waals surface area contributed by atoms with Gasteiger partial charge in [0.1, 0.15) is 0 Å². The van der Waals surface area contributed by atoms with Gasteiger partial charge in [-0.05, 0) is 44.7 Å². The highest BCUT2D eigenvalue weighted by Crippen LogP contribution is 2.27. The Morgan fingerprint density at radius 3 is 2.68 bits per heavy atom. The molecule has 1 fully saturated rings. The number of nitrogens with zero attached hydrogens (tertiary/aromatic N) is 4. The second-order valence-corrected chi connectivity index (χ2v) is 7.05. The lowest BCUT2D eigenvalue weighted by atomic mass is 9.94. The molecular formula is C17H24ClF3N6O. The van der Waals surface area contributed by atoms with Crippen molar-refractivity contribution >= 4 is 24.1 Å². The van der Waals surface area contributed by atoms with E-state index in [9.17, 15) is 18.0 Å². The predicted octanol–water partition coefficient (Wildman–Crippen LogP) is 2.23. The first-order valence-electron chi connectivity index (χ1n) is 8.97. The van der Waals surface area contributed by atoms with E-state index in [-0.39, 0.29) is 36.6 Å². The Hall–Kier alpha value is -1.94. The molecule has 0 saturated carbocycles. The fourth-order valence-corrected chi connectivity index (χ4v) is 3.39. The first-order valence-corrected chi connectivity index (χ1v) is 8.97. The maximum atomic E-state index is 12.8. The molecule has 7 nitrogen and oxygen atoms in total. The molecule has 2 atom stereocenters. The highest BCUT2D eigenvalue weighted by atomic mass is 35.5. The van der Waals surface area contributed by atoms with E-state index in [0.717, 1.165) is 24.0 Å². The normalized spacial score (nSPS) is 20.1. The van der Waals surface area contributed by atoms with E-state index in [0.29, 0.717) is 29.3 Å². The van der Waals surface area contributed by atoms with Crippen molar-refractivity contribution in [1.29, 1.82) is 0 Å². The largest absolute Gasteiger partial charge is 0.453 e. The number of amides is 1. The zero-order chi connectivity index (χ0) is 19.8. The Bertz CT molecular complexity index is 854. The lowest BCUT2D eigenvalue weighted by Gasteiger charge is -2.30. The number of nitrogens with one attached hydrogen (secondary N) is 2. The van der Waals surface area contributed by atoms with Crippen LogP contribution in [0.1, 0.15) is 42.5 Å². The maximum absolute atomic E-state index is 12.8. The number of hydrogen-bond donors (Lipinski definition) is 2. The first-order chi connectivity index (χ1) is 12.7. The van der Waals surface area contributed by atoms with Crippen molar-refractivity contribution in [3.63, 3.8) is 0 Å². The van der Waals surface area contributed by atoms with Gasteiger partial charge in [0, 0.05) is 30.4 Å². The molecule has 0 spiro atoms. The van der Waals surface area contributed by atoms with Crippen molar-refractivity contribution in [2.24, 2.45) is 5.92 Å². The van der Waals surface area contributed by atoms with Crippen molar-refractivity contribution in [2.75, 3.05) is 13.1 Å². The summed E-state index contributed by atoms with van der Waals surface area (Å²) in [5.74, 6) is -0.976. The van der Waals surface area contributed by atoms with Gasteiger partial charge < -0.3 is 10.6 Å². The Labute approximate surface area is 166 Å². The molecular weight excluding hydrogens is 397 g/mol. The van der Waals surface area contributed by atoms with Crippen LogP contribution in [0.3, 0.4) is 0 Å². The number of hydrogen-bond acceptors (Lipinski definition) is 5. The van der Waals surface area contributed by atoms with Gasteiger partial charge in [-0.3, -0.25) is 4.79 Å². The van der Waals surface area contributed by atoms with E-state index in [1.165, 1.54) is 0 Å². The molecule has 1 saturated heterocycles. The standard InChI is InChI=1S/C17H23F3N6O.ClH/c1-9-6-7-21-8-13(9)23-14(27)5-4-12-10(2)22-16-24-15(17(18,19)20)25-26(16)11(12)3;/h9,13,21H,4-8H2,1-3H3,(H,23,27);1H. The quantitative estimate of drug-likeness (QED) is 0.792. The van der Waals surface area contributed by atoms with Crippen molar-refractivity contribution in [2.45, 2.75) is 52.3 Å². The molecule has 2 unspecified atom stereocenters. The van der Waals surface area contributed by atoms with Gasteiger partial charge >= 0.3 is 6.18 Å². The summed E-state index contributed by atoms with van der Waals surface area (Å²) in [5.41, 5.74) is 1.79. The van der Waals surface area contributed by atoms with Crippen LogP contribution in [0.2, 0.25) is 0 Å². The van der Waals surface area contributed by atoms with Crippen molar-refractivity contribution < 1.29 is 18.0 Å². The van der Waals surface area contributed by atoms with Crippen LogP contribution in [0.5, 0.6) is 0 Å². The van der Waals surface area contributed by atoms with Crippen molar-refractivity contribution in [3.8, 4) is 0 Å². The lowest BCUT2D eigenvalue weighted by molar-refractivity contribution is -0.144. The Balaban J connectivity index is 0.00000280. The third-order valence-corrected chi connectivity index (χ3v) is 5.08. The van der Waals surface area contributed by atoms with Gasteiger partial charge in [-0.1, -0.05) is 6.92 Å². The Morgan fingerprint density at radius 1 is 1.32 bits per heavy atom. The summed E-state index contributed by atoms with van der Waals surface area (Å²) in [7, 11) is 0. The number of rotatable bonds is 4. The van der Waals surface area contributed by atoms with Crippen molar-refractivity contribution in [1.82, 2.24) is 30.2 Å². The molecule has 1 aliphatic rings. The number of aryl methyl sites for hydroxylation is 2. The van der Waals surface area contributed by atoms with Crippen LogP contribution in [-0.2, 0) is 17.4 Å². The van der Waals surface area contributed by atoms with E-state index < -0.39 is 12.0 Å². The van der Waals surface area contributed by atoms with Gasteiger partial charge in [-0.15, -0.1) is 17.5 Å². The first kappa shape index (κ1) is 22.4. The number of carbonyl (C=O) groups excluding carboxylic acids is 1. The monoisotopic (exact) mass is 420 g/mol. The molecule has 2 aromatic heterocycles. The summed E-state index contributed by atoms with van der Waals surface area (Å²) in [6.07, 6.45) is -3.00. The topological polar surface area (TPSA) is 84.2 Å².